The number of aromatic nitrogens is 1. The van der Waals surface area contributed by atoms with E-state index < -0.39 is 0 Å². The van der Waals surface area contributed by atoms with Crippen LogP contribution >= 0.6 is 23.1 Å². The lowest BCUT2D eigenvalue weighted by atomic mass is 10.2. The maximum Gasteiger partial charge on any atom is 0.254 e. The number of thiophene rings is 1. The van der Waals surface area contributed by atoms with E-state index in [0.717, 1.165) is 14.8 Å². The van der Waals surface area contributed by atoms with Crippen LogP contribution in [-0.2, 0) is 0 Å². The molecule has 0 spiro atoms. The summed E-state index contributed by atoms with van der Waals surface area (Å²) in [6, 6.07) is 17.5. The molecule has 1 N–H and O–H groups in total. The first-order valence-corrected chi connectivity index (χ1v) is 8.96. The number of amides is 1. The van der Waals surface area contributed by atoms with Gasteiger partial charge >= 0.3 is 0 Å². The van der Waals surface area contributed by atoms with E-state index in [1.165, 1.54) is 11.8 Å². The Bertz CT molecular complexity index is 773. The van der Waals surface area contributed by atoms with Crippen LogP contribution in [-0.4, -0.2) is 10.9 Å². The summed E-state index contributed by atoms with van der Waals surface area (Å²) in [6.07, 6.45) is 1.71. The molecule has 3 aromatic rings. The number of carbonyl (C=O) groups excluding carboxylic acids is 1. The standard InChI is InChI=1S/C18H16N2OS2/c1-13(16-10-6-12-22-16)20-17(21)15-9-5-11-19-18(15)23-14-7-3-2-4-8-14/h2-13H,1H3,(H,20,21)/t13-/m1/s1. The summed E-state index contributed by atoms with van der Waals surface area (Å²) < 4.78 is 0. The fourth-order valence-electron chi connectivity index (χ4n) is 2.13. The lowest BCUT2D eigenvalue weighted by molar-refractivity contribution is 0.0937. The summed E-state index contributed by atoms with van der Waals surface area (Å²) in [6.45, 7) is 1.99. The molecule has 0 fully saturated rings. The van der Waals surface area contributed by atoms with Crippen molar-refractivity contribution in [3.05, 3.63) is 76.6 Å². The normalized spacial score (nSPS) is 11.9. The zero-order valence-electron chi connectivity index (χ0n) is 12.6. The maximum absolute atomic E-state index is 12.6. The third-order valence-corrected chi connectivity index (χ3v) is 5.37. The number of nitrogens with zero attached hydrogens (tertiary/aromatic N) is 1. The highest BCUT2D eigenvalue weighted by atomic mass is 32.2. The summed E-state index contributed by atoms with van der Waals surface area (Å²) in [7, 11) is 0. The van der Waals surface area contributed by atoms with Gasteiger partial charge in [0.15, 0.2) is 0 Å². The number of carbonyl (C=O) groups is 1. The first-order valence-electron chi connectivity index (χ1n) is 7.26. The van der Waals surface area contributed by atoms with Crippen molar-refractivity contribution in [3.8, 4) is 0 Å². The van der Waals surface area contributed by atoms with Gasteiger partial charge in [0.2, 0.25) is 0 Å². The molecule has 0 aliphatic carbocycles. The highest BCUT2D eigenvalue weighted by molar-refractivity contribution is 7.99. The highest BCUT2D eigenvalue weighted by Crippen LogP contribution is 2.28. The average molecular weight is 340 g/mol. The maximum atomic E-state index is 12.6. The molecule has 0 saturated heterocycles. The number of nitrogens with one attached hydrogen (secondary N) is 1. The van der Waals surface area contributed by atoms with Gasteiger partial charge in [-0.15, -0.1) is 11.3 Å². The Labute approximate surface area is 143 Å². The third kappa shape index (κ3) is 4.00. The Kier molecular flexibility index (Phi) is 5.10. The lowest BCUT2D eigenvalue weighted by Crippen LogP contribution is -2.26. The molecule has 5 heteroatoms. The smallest absolute Gasteiger partial charge is 0.254 e. The van der Waals surface area contributed by atoms with Crippen LogP contribution in [0, 0.1) is 0 Å². The van der Waals surface area contributed by atoms with E-state index in [4.69, 9.17) is 0 Å². The van der Waals surface area contributed by atoms with Crippen molar-refractivity contribution in [3.63, 3.8) is 0 Å². The molecule has 3 rings (SSSR count). The van der Waals surface area contributed by atoms with Crippen LogP contribution in [0.4, 0.5) is 0 Å². The van der Waals surface area contributed by atoms with E-state index in [1.54, 1.807) is 23.6 Å². The second kappa shape index (κ2) is 7.44. The minimum absolute atomic E-state index is 0.0164. The minimum atomic E-state index is -0.0996. The van der Waals surface area contributed by atoms with Crippen molar-refractivity contribution in [2.24, 2.45) is 0 Å². The summed E-state index contributed by atoms with van der Waals surface area (Å²) in [4.78, 5) is 19.2. The Morgan fingerprint density at radius 3 is 2.70 bits per heavy atom. The number of hydrogen-bond donors (Lipinski definition) is 1. The Balaban J connectivity index is 1.78. The monoisotopic (exact) mass is 340 g/mol. The molecule has 2 heterocycles. The van der Waals surface area contributed by atoms with Crippen molar-refractivity contribution in [1.29, 1.82) is 0 Å². The largest absolute Gasteiger partial charge is 0.345 e. The molecule has 0 bridgehead atoms. The Morgan fingerprint density at radius 2 is 1.96 bits per heavy atom. The molecule has 3 nitrogen and oxygen atoms in total. The quantitative estimate of drug-likeness (QED) is 0.726. The van der Waals surface area contributed by atoms with Gasteiger partial charge in [0.05, 0.1) is 11.6 Å². The van der Waals surface area contributed by atoms with Crippen LogP contribution in [0.2, 0.25) is 0 Å². The minimum Gasteiger partial charge on any atom is -0.345 e. The van der Waals surface area contributed by atoms with Gasteiger partial charge in [-0.25, -0.2) is 4.98 Å². The second-order valence-electron chi connectivity index (χ2n) is 4.98. The molecular weight excluding hydrogens is 324 g/mol. The fraction of sp³-hybridized carbons (Fsp3) is 0.111. The number of rotatable bonds is 5. The zero-order valence-corrected chi connectivity index (χ0v) is 14.2. The van der Waals surface area contributed by atoms with Crippen LogP contribution in [0.5, 0.6) is 0 Å². The van der Waals surface area contributed by atoms with E-state index in [0.29, 0.717) is 5.56 Å². The van der Waals surface area contributed by atoms with E-state index in [9.17, 15) is 4.79 Å². The molecule has 0 radical (unpaired) electrons. The molecule has 0 unspecified atom stereocenters. The summed E-state index contributed by atoms with van der Waals surface area (Å²) in [5.41, 5.74) is 0.602. The van der Waals surface area contributed by atoms with Gasteiger partial charge in [-0.1, -0.05) is 36.0 Å². The predicted octanol–water partition coefficient (Wildman–Crippen LogP) is 4.79. The molecule has 0 aliphatic rings. The second-order valence-corrected chi connectivity index (χ2v) is 7.02. The molecule has 1 aromatic carbocycles. The van der Waals surface area contributed by atoms with Crippen molar-refractivity contribution in [2.45, 2.75) is 22.9 Å². The predicted molar refractivity (Wildman–Crippen MR) is 95.0 cm³/mol. The molecule has 0 saturated carbocycles. The summed E-state index contributed by atoms with van der Waals surface area (Å²) >= 11 is 3.14. The Morgan fingerprint density at radius 1 is 1.13 bits per heavy atom. The van der Waals surface area contributed by atoms with Gasteiger partial charge in [-0.2, -0.15) is 0 Å². The summed E-state index contributed by atoms with van der Waals surface area (Å²) in [5, 5.41) is 5.77. The molecule has 23 heavy (non-hydrogen) atoms. The van der Waals surface area contributed by atoms with Crippen LogP contribution in [0.15, 0.2) is 76.1 Å². The van der Waals surface area contributed by atoms with Gasteiger partial charge in [0, 0.05) is 16.0 Å². The highest BCUT2D eigenvalue weighted by Gasteiger charge is 2.16. The Hall–Kier alpha value is -2.11. The van der Waals surface area contributed by atoms with Crippen molar-refractivity contribution in [1.82, 2.24) is 10.3 Å². The van der Waals surface area contributed by atoms with Crippen molar-refractivity contribution in [2.75, 3.05) is 0 Å². The molecule has 116 valence electrons. The van der Waals surface area contributed by atoms with Crippen LogP contribution in [0.3, 0.4) is 0 Å². The van der Waals surface area contributed by atoms with E-state index in [1.807, 2.05) is 60.8 Å². The van der Waals surface area contributed by atoms with Crippen molar-refractivity contribution < 1.29 is 4.79 Å². The topological polar surface area (TPSA) is 42.0 Å². The average Bonchev–Trinajstić information content (AvgIpc) is 3.11. The fourth-order valence-corrected chi connectivity index (χ4v) is 3.76. The van der Waals surface area contributed by atoms with Crippen LogP contribution < -0.4 is 5.32 Å². The first-order chi connectivity index (χ1) is 11.2. The van der Waals surface area contributed by atoms with Gasteiger partial charge in [0.25, 0.3) is 5.91 Å². The van der Waals surface area contributed by atoms with Crippen LogP contribution in [0.1, 0.15) is 28.2 Å². The molecule has 1 amide bonds. The molecule has 1 atom stereocenters. The van der Waals surface area contributed by atoms with Crippen molar-refractivity contribution >= 4 is 29.0 Å². The number of pyridine rings is 1. The number of hydrogen-bond acceptors (Lipinski definition) is 4. The first kappa shape index (κ1) is 15.8. The molecule has 0 aliphatic heterocycles. The van der Waals surface area contributed by atoms with Gasteiger partial charge in [0.1, 0.15) is 5.03 Å². The molecule has 2 aromatic heterocycles. The lowest BCUT2D eigenvalue weighted by Gasteiger charge is -2.14. The SMILES string of the molecule is C[C@@H](NC(=O)c1cccnc1Sc1ccccc1)c1cccs1. The van der Waals surface area contributed by atoms with Gasteiger partial charge in [-0.3, -0.25) is 4.79 Å². The van der Waals surface area contributed by atoms with Crippen LogP contribution in [0.25, 0.3) is 0 Å². The summed E-state index contributed by atoms with van der Waals surface area (Å²) in [5.74, 6) is -0.0996. The number of benzene rings is 1. The molecular formula is C18H16N2OS2. The zero-order chi connectivity index (χ0) is 16.1. The third-order valence-electron chi connectivity index (χ3n) is 3.29. The van der Waals surface area contributed by atoms with E-state index >= 15 is 0 Å². The van der Waals surface area contributed by atoms with Gasteiger partial charge in [-0.05, 0) is 42.6 Å². The van der Waals surface area contributed by atoms with E-state index in [-0.39, 0.29) is 11.9 Å². The van der Waals surface area contributed by atoms with E-state index in [2.05, 4.69) is 10.3 Å². The van der Waals surface area contributed by atoms with Gasteiger partial charge < -0.3 is 5.32 Å².